The number of benzene rings is 2. The lowest BCUT2D eigenvalue weighted by molar-refractivity contribution is 0.409. The summed E-state index contributed by atoms with van der Waals surface area (Å²) < 4.78 is 23.9. The first-order valence-electron chi connectivity index (χ1n) is 11.7. The Morgan fingerprint density at radius 1 is 1.08 bits per heavy atom. The summed E-state index contributed by atoms with van der Waals surface area (Å²) >= 11 is 7.86. The molecule has 0 bridgehead atoms. The second kappa shape index (κ2) is 11.3. The van der Waals surface area contributed by atoms with Crippen molar-refractivity contribution in [2.45, 2.75) is 18.8 Å². The van der Waals surface area contributed by atoms with E-state index < -0.39 is 0 Å². The molecular weight excluding hydrogens is 515 g/mol. The van der Waals surface area contributed by atoms with Gasteiger partial charge in [-0.3, -0.25) is 9.97 Å². The van der Waals surface area contributed by atoms with Crippen LogP contribution in [0.5, 0.6) is 5.75 Å². The Kier molecular flexibility index (Phi) is 7.73. The Bertz CT molecular complexity index is 1420. The summed E-state index contributed by atoms with van der Waals surface area (Å²) in [5.41, 5.74) is 4.01. The Morgan fingerprint density at radius 2 is 1.89 bits per heavy atom. The minimum atomic E-state index is -0.285. The highest BCUT2D eigenvalue weighted by Gasteiger charge is 2.22. The number of hydrogen-bond acceptors (Lipinski definition) is 10. The second-order valence-corrected chi connectivity index (χ2v) is 9.48. The van der Waals surface area contributed by atoms with Gasteiger partial charge in [0.2, 0.25) is 5.95 Å². The number of nitrogens with one attached hydrogen (secondary N) is 4. The second-order valence-electron chi connectivity index (χ2n) is 8.46. The van der Waals surface area contributed by atoms with Gasteiger partial charge in [-0.15, -0.1) is 0 Å². The molecule has 0 spiro atoms. The summed E-state index contributed by atoms with van der Waals surface area (Å²) in [5, 5.41) is 9.97. The van der Waals surface area contributed by atoms with E-state index >= 15 is 4.39 Å². The van der Waals surface area contributed by atoms with E-state index in [0.717, 1.165) is 37.1 Å². The average molecular weight is 541 g/mol. The SMILES string of the molecule is COc1cc(C2CCNCC2)c(F)cc1Nc1ncc(Cl)c(Nc2ccc3nccnc3c2NSC)n1. The maximum absolute atomic E-state index is 15.1. The van der Waals surface area contributed by atoms with E-state index in [1.165, 1.54) is 24.2 Å². The number of anilines is 5. The van der Waals surface area contributed by atoms with Gasteiger partial charge in [0.1, 0.15) is 22.1 Å². The summed E-state index contributed by atoms with van der Waals surface area (Å²) in [7, 11) is 1.56. The highest BCUT2D eigenvalue weighted by molar-refractivity contribution is 7.99. The quantitative estimate of drug-likeness (QED) is 0.203. The van der Waals surface area contributed by atoms with E-state index in [1.807, 2.05) is 18.4 Å². The van der Waals surface area contributed by atoms with Gasteiger partial charge in [0.25, 0.3) is 0 Å². The Morgan fingerprint density at radius 3 is 2.68 bits per heavy atom. The molecule has 37 heavy (non-hydrogen) atoms. The fourth-order valence-electron chi connectivity index (χ4n) is 4.39. The molecular formula is C25H26ClFN8OS. The highest BCUT2D eigenvalue weighted by Crippen LogP contribution is 2.37. The van der Waals surface area contributed by atoms with E-state index in [2.05, 4.69) is 40.6 Å². The first-order chi connectivity index (χ1) is 18.1. The summed E-state index contributed by atoms with van der Waals surface area (Å²) in [6.07, 6.45) is 8.45. The van der Waals surface area contributed by atoms with Gasteiger partial charge >= 0.3 is 0 Å². The fraction of sp³-hybridized carbons (Fsp3) is 0.280. The number of nitrogens with zero attached hydrogens (tertiary/aromatic N) is 4. The smallest absolute Gasteiger partial charge is 0.229 e. The molecule has 1 saturated heterocycles. The molecule has 4 N–H and O–H groups in total. The molecule has 2 aromatic carbocycles. The Balaban J connectivity index is 1.44. The Labute approximate surface area is 223 Å². The van der Waals surface area contributed by atoms with Gasteiger partial charge in [0, 0.05) is 24.7 Å². The summed E-state index contributed by atoms with van der Waals surface area (Å²) in [6, 6.07) is 6.93. The van der Waals surface area contributed by atoms with Gasteiger partial charge in [0.05, 0.1) is 35.9 Å². The zero-order valence-corrected chi connectivity index (χ0v) is 21.9. The van der Waals surface area contributed by atoms with Gasteiger partial charge in [-0.05, 0) is 55.6 Å². The van der Waals surface area contributed by atoms with Crippen LogP contribution in [0.1, 0.15) is 24.3 Å². The van der Waals surface area contributed by atoms with Crippen molar-refractivity contribution < 1.29 is 9.13 Å². The van der Waals surface area contributed by atoms with E-state index in [9.17, 15) is 0 Å². The summed E-state index contributed by atoms with van der Waals surface area (Å²) in [6.45, 7) is 1.75. The molecule has 1 fully saturated rings. The highest BCUT2D eigenvalue weighted by atomic mass is 35.5. The zero-order chi connectivity index (χ0) is 25.8. The standard InChI is InChI=1S/C25H26ClFN8OS/c1-36-21-11-15(14-5-7-28-8-6-14)17(27)12-20(21)33-25-31-13-16(26)24(34-25)32-19-4-3-18-22(23(19)35-37-2)30-10-9-29-18/h3-4,9-14,28,35H,5-8H2,1-2H3,(H2,31,32,33,34). The third kappa shape index (κ3) is 5.48. The minimum absolute atomic E-state index is 0.155. The van der Waals surface area contributed by atoms with E-state index in [4.69, 9.17) is 16.3 Å². The van der Waals surface area contributed by atoms with Crippen molar-refractivity contribution in [2.24, 2.45) is 0 Å². The molecule has 0 saturated carbocycles. The van der Waals surface area contributed by atoms with Crippen LogP contribution in [0, 0.1) is 5.82 Å². The predicted octanol–water partition coefficient (Wildman–Crippen LogP) is 5.87. The van der Waals surface area contributed by atoms with Crippen LogP contribution in [-0.2, 0) is 0 Å². The predicted molar refractivity (Wildman–Crippen MR) is 148 cm³/mol. The molecule has 2 aromatic heterocycles. The number of hydrogen-bond donors (Lipinski definition) is 4. The third-order valence-corrected chi connectivity index (χ3v) is 6.87. The number of ether oxygens (including phenoxy) is 1. The maximum Gasteiger partial charge on any atom is 0.229 e. The molecule has 0 atom stereocenters. The molecule has 0 amide bonds. The van der Waals surface area contributed by atoms with E-state index in [0.29, 0.717) is 39.0 Å². The number of piperidine rings is 1. The van der Waals surface area contributed by atoms with Crippen LogP contribution in [0.2, 0.25) is 5.02 Å². The van der Waals surface area contributed by atoms with Gasteiger partial charge in [-0.25, -0.2) is 9.37 Å². The monoisotopic (exact) mass is 540 g/mol. The van der Waals surface area contributed by atoms with Crippen LogP contribution in [0.25, 0.3) is 11.0 Å². The molecule has 12 heteroatoms. The van der Waals surface area contributed by atoms with Crippen LogP contribution < -0.4 is 25.4 Å². The number of fused-ring (bicyclic) bond motifs is 1. The number of aromatic nitrogens is 4. The van der Waals surface area contributed by atoms with E-state index in [1.54, 1.807) is 25.6 Å². The molecule has 1 aliphatic rings. The number of methoxy groups -OCH3 is 1. The van der Waals surface area contributed by atoms with Crippen molar-refractivity contribution in [1.82, 2.24) is 25.3 Å². The van der Waals surface area contributed by atoms with Crippen molar-refractivity contribution in [3.05, 3.63) is 59.3 Å². The normalized spacial score (nSPS) is 13.9. The van der Waals surface area contributed by atoms with Crippen LogP contribution in [0.4, 0.5) is 33.2 Å². The lowest BCUT2D eigenvalue weighted by atomic mass is 9.89. The number of halogens is 2. The van der Waals surface area contributed by atoms with Crippen molar-refractivity contribution in [3.63, 3.8) is 0 Å². The van der Waals surface area contributed by atoms with Crippen molar-refractivity contribution in [3.8, 4) is 5.75 Å². The number of rotatable bonds is 8. The minimum Gasteiger partial charge on any atom is -0.495 e. The van der Waals surface area contributed by atoms with Crippen LogP contribution in [0.3, 0.4) is 0 Å². The largest absolute Gasteiger partial charge is 0.495 e. The first-order valence-corrected chi connectivity index (χ1v) is 13.3. The summed E-state index contributed by atoms with van der Waals surface area (Å²) in [4.78, 5) is 17.6. The fourth-order valence-corrected chi connectivity index (χ4v) is 4.94. The molecule has 192 valence electrons. The molecule has 9 nitrogen and oxygen atoms in total. The van der Waals surface area contributed by atoms with Gasteiger partial charge in [-0.1, -0.05) is 23.5 Å². The molecule has 0 unspecified atom stereocenters. The van der Waals surface area contributed by atoms with Gasteiger partial charge in [0.15, 0.2) is 5.82 Å². The topological polar surface area (TPSA) is 109 Å². The van der Waals surface area contributed by atoms with Gasteiger partial charge < -0.3 is 25.4 Å². The zero-order valence-electron chi connectivity index (χ0n) is 20.3. The van der Waals surface area contributed by atoms with Crippen LogP contribution in [-0.4, -0.2) is 46.4 Å². The first kappa shape index (κ1) is 25.2. The lowest BCUT2D eigenvalue weighted by Gasteiger charge is -2.24. The van der Waals surface area contributed by atoms with Crippen LogP contribution in [0.15, 0.2) is 42.9 Å². The van der Waals surface area contributed by atoms with Crippen molar-refractivity contribution >= 4 is 63.4 Å². The lowest BCUT2D eigenvalue weighted by Crippen LogP contribution is -2.27. The molecule has 0 radical (unpaired) electrons. The van der Waals surface area contributed by atoms with Crippen LogP contribution >= 0.6 is 23.5 Å². The molecule has 1 aliphatic heterocycles. The van der Waals surface area contributed by atoms with E-state index in [-0.39, 0.29) is 17.7 Å². The molecule has 4 aromatic rings. The van der Waals surface area contributed by atoms with Crippen molar-refractivity contribution in [2.75, 3.05) is 41.8 Å². The average Bonchev–Trinajstić information content (AvgIpc) is 2.92. The molecule has 0 aliphatic carbocycles. The Hall–Kier alpha value is -3.41. The maximum atomic E-state index is 15.1. The molecule has 5 rings (SSSR count). The third-order valence-electron chi connectivity index (χ3n) is 6.19. The van der Waals surface area contributed by atoms with Gasteiger partial charge in [-0.2, -0.15) is 4.98 Å². The van der Waals surface area contributed by atoms with Crippen molar-refractivity contribution in [1.29, 1.82) is 0 Å². The summed E-state index contributed by atoms with van der Waals surface area (Å²) in [5.74, 6) is 0.995. The molecule has 3 heterocycles.